The van der Waals surface area contributed by atoms with Crippen LogP contribution in [0.25, 0.3) is 0 Å². The van der Waals surface area contributed by atoms with Crippen LogP contribution in [0, 0.1) is 6.92 Å². The lowest BCUT2D eigenvalue weighted by Gasteiger charge is -2.30. The van der Waals surface area contributed by atoms with Gasteiger partial charge in [0.15, 0.2) is 5.76 Å². The van der Waals surface area contributed by atoms with Gasteiger partial charge in [0.1, 0.15) is 5.82 Å². The third kappa shape index (κ3) is 3.28. The Kier molecular flexibility index (Phi) is 4.35. The molecule has 0 spiro atoms. The van der Waals surface area contributed by atoms with E-state index >= 15 is 0 Å². The van der Waals surface area contributed by atoms with E-state index in [1.165, 1.54) is 5.56 Å². The molecule has 7 heteroatoms. The number of anilines is 1. The van der Waals surface area contributed by atoms with Crippen molar-refractivity contribution in [2.45, 2.75) is 26.4 Å². The molecule has 7 nitrogen and oxygen atoms in total. The van der Waals surface area contributed by atoms with Crippen LogP contribution in [0.2, 0.25) is 0 Å². The fourth-order valence-corrected chi connectivity index (χ4v) is 3.17. The molecule has 1 amide bonds. The van der Waals surface area contributed by atoms with Crippen LogP contribution < -0.4 is 10.2 Å². The molecule has 0 saturated heterocycles. The number of hydrogen-bond acceptors (Lipinski definition) is 6. The number of amides is 1. The number of pyridine rings is 2. The van der Waals surface area contributed by atoms with Crippen molar-refractivity contribution in [3.05, 3.63) is 71.0 Å². The van der Waals surface area contributed by atoms with Gasteiger partial charge in [-0.1, -0.05) is 11.2 Å². The first-order chi connectivity index (χ1) is 12.7. The Morgan fingerprint density at radius 1 is 1.31 bits per heavy atom. The summed E-state index contributed by atoms with van der Waals surface area (Å²) in [6, 6.07) is 7.66. The van der Waals surface area contributed by atoms with Crippen molar-refractivity contribution < 1.29 is 9.32 Å². The Morgan fingerprint density at radius 2 is 2.23 bits per heavy atom. The zero-order chi connectivity index (χ0) is 17.9. The molecule has 1 N–H and O–H groups in total. The Bertz CT molecular complexity index is 923. The normalized spacial score (nSPS) is 13.3. The first kappa shape index (κ1) is 16.3. The molecular weight excluding hydrogens is 330 g/mol. The summed E-state index contributed by atoms with van der Waals surface area (Å²) in [5.74, 6) is 1.34. The maximum absolute atomic E-state index is 12.3. The highest BCUT2D eigenvalue weighted by molar-refractivity contribution is 5.94. The topological polar surface area (TPSA) is 84.2 Å². The minimum atomic E-state index is -0.184. The zero-order valence-corrected chi connectivity index (χ0v) is 14.5. The lowest BCUT2D eigenvalue weighted by molar-refractivity contribution is 0.0946. The summed E-state index contributed by atoms with van der Waals surface area (Å²) in [5.41, 5.74) is 3.90. The van der Waals surface area contributed by atoms with Gasteiger partial charge < -0.3 is 14.7 Å². The third-order valence-electron chi connectivity index (χ3n) is 4.49. The smallest absolute Gasteiger partial charge is 0.253 e. The molecule has 0 aromatic carbocycles. The first-order valence-corrected chi connectivity index (χ1v) is 8.53. The molecule has 3 aromatic rings. The van der Waals surface area contributed by atoms with Gasteiger partial charge >= 0.3 is 0 Å². The minimum absolute atomic E-state index is 0.184. The van der Waals surface area contributed by atoms with Gasteiger partial charge in [-0.2, -0.15) is 0 Å². The number of fused-ring (bicyclic) bond motifs is 1. The molecule has 132 valence electrons. The Hall–Kier alpha value is -3.22. The van der Waals surface area contributed by atoms with Gasteiger partial charge in [0, 0.05) is 43.7 Å². The van der Waals surface area contributed by atoms with Crippen LogP contribution in [0.5, 0.6) is 0 Å². The largest absolute Gasteiger partial charge is 0.360 e. The predicted molar refractivity (Wildman–Crippen MR) is 95.6 cm³/mol. The van der Waals surface area contributed by atoms with Gasteiger partial charge in [-0.25, -0.2) is 4.98 Å². The van der Waals surface area contributed by atoms with Crippen molar-refractivity contribution in [1.82, 2.24) is 20.4 Å². The van der Waals surface area contributed by atoms with Crippen molar-refractivity contribution in [1.29, 1.82) is 0 Å². The van der Waals surface area contributed by atoms with Gasteiger partial charge in [0.05, 0.1) is 18.3 Å². The molecule has 0 unspecified atom stereocenters. The molecule has 0 bridgehead atoms. The Morgan fingerprint density at radius 3 is 3.04 bits per heavy atom. The van der Waals surface area contributed by atoms with Gasteiger partial charge in [-0.05, 0) is 30.2 Å². The summed E-state index contributed by atoms with van der Waals surface area (Å²) in [6.45, 7) is 3.94. The number of hydrogen-bond donors (Lipinski definition) is 1. The van der Waals surface area contributed by atoms with Gasteiger partial charge in [0.25, 0.3) is 5.91 Å². The Balaban J connectivity index is 1.47. The molecular formula is C19H19N5O2. The van der Waals surface area contributed by atoms with E-state index < -0.39 is 0 Å². The average Bonchev–Trinajstić information content (AvgIpc) is 3.19. The van der Waals surface area contributed by atoms with Gasteiger partial charge in [0.2, 0.25) is 0 Å². The number of nitrogens with zero attached hydrogens (tertiary/aromatic N) is 4. The van der Waals surface area contributed by atoms with E-state index in [0.29, 0.717) is 17.9 Å². The third-order valence-corrected chi connectivity index (χ3v) is 4.49. The van der Waals surface area contributed by atoms with Crippen LogP contribution in [-0.4, -0.2) is 27.6 Å². The number of aryl methyl sites for hydroxylation is 1. The highest BCUT2D eigenvalue weighted by Gasteiger charge is 2.20. The highest BCUT2D eigenvalue weighted by Crippen LogP contribution is 2.24. The maximum Gasteiger partial charge on any atom is 0.253 e. The molecule has 1 aliphatic heterocycles. The average molecular weight is 349 g/mol. The number of rotatable bonds is 4. The second-order valence-corrected chi connectivity index (χ2v) is 6.31. The van der Waals surface area contributed by atoms with Gasteiger partial charge in [-0.3, -0.25) is 9.78 Å². The van der Waals surface area contributed by atoms with E-state index in [9.17, 15) is 4.79 Å². The van der Waals surface area contributed by atoms with E-state index in [0.717, 1.165) is 36.6 Å². The summed E-state index contributed by atoms with van der Waals surface area (Å²) < 4.78 is 4.98. The highest BCUT2D eigenvalue weighted by atomic mass is 16.5. The predicted octanol–water partition coefficient (Wildman–Crippen LogP) is 2.27. The summed E-state index contributed by atoms with van der Waals surface area (Å²) >= 11 is 0. The summed E-state index contributed by atoms with van der Waals surface area (Å²) in [6.07, 6.45) is 5.91. The fourth-order valence-electron chi connectivity index (χ4n) is 3.17. The van der Waals surface area contributed by atoms with Crippen molar-refractivity contribution in [3.63, 3.8) is 0 Å². The van der Waals surface area contributed by atoms with E-state index in [4.69, 9.17) is 4.52 Å². The summed E-state index contributed by atoms with van der Waals surface area (Å²) in [5, 5.41) is 6.42. The number of carbonyl (C=O) groups is 1. The standard InChI is InChI=1S/C19H19N5O2/c1-13-9-15(19(25)22-11-16-4-7-23-26-16)10-21-18(13)24-8-5-17-14(12-24)3-2-6-20-17/h2-4,6-7,9-10H,5,8,11-12H2,1H3,(H,22,25). The number of nitrogens with one attached hydrogen (secondary N) is 1. The van der Waals surface area contributed by atoms with E-state index in [-0.39, 0.29) is 5.91 Å². The van der Waals surface area contributed by atoms with Crippen LogP contribution in [0.3, 0.4) is 0 Å². The van der Waals surface area contributed by atoms with Crippen LogP contribution >= 0.6 is 0 Å². The molecule has 0 radical (unpaired) electrons. The minimum Gasteiger partial charge on any atom is -0.360 e. The van der Waals surface area contributed by atoms with Crippen LogP contribution in [-0.2, 0) is 19.5 Å². The fraction of sp³-hybridized carbons (Fsp3) is 0.263. The molecule has 0 atom stereocenters. The van der Waals surface area contributed by atoms with E-state index in [1.54, 1.807) is 18.5 Å². The summed E-state index contributed by atoms with van der Waals surface area (Å²) in [4.78, 5) is 23.5. The van der Waals surface area contributed by atoms with Crippen molar-refractivity contribution in [2.75, 3.05) is 11.4 Å². The number of aromatic nitrogens is 3. The van der Waals surface area contributed by atoms with E-state index in [2.05, 4.69) is 31.4 Å². The monoisotopic (exact) mass is 349 g/mol. The Labute approximate surface area is 151 Å². The van der Waals surface area contributed by atoms with Gasteiger partial charge in [-0.15, -0.1) is 0 Å². The summed E-state index contributed by atoms with van der Waals surface area (Å²) in [7, 11) is 0. The van der Waals surface area contributed by atoms with Crippen molar-refractivity contribution in [3.8, 4) is 0 Å². The van der Waals surface area contributed by atoms with Crippen LogP contribution in [0.4, 0.5) is 5.82 Å². The molecule has 3 aromatic heterocycles. The van der Waals surface area contributed by atoms with E-state index in [1.807, 2.05) is 25.3 Å². The van der Waals surface area contributed by atoms with Crippen molar-refractivity contribution >= 4 is 11.7 Å². The van der Waals surface area contributed by atoms with Crippen LogP contribution in [0.1, 0.15) is 32.9 Å². The quantitative estimate of drug-likeness (QED) is 0.778. The maximum atomic E-state index is 12.3. The zero-order valence-electron chi connectivity index (χ0n) is 14.5. The molecule has 0 aliphatic carbocycles. The second kappa shape index (κ2) is 6.95. The lowest BCUT2D eigenvalue weighted by Crippen LogP contribution is -2.32. The lowest BCUT2D eigenvalue weighted by atomic mass is 10.0. The molecule has 1 aliphatic rings. The molecule has 26 heavy (non-hydrogen) atoms. The molecule has 4 heterocycles. The number of carbonyl (C=O) groups excluding carboxylic acids is 1. The molecule has 0 saturated carbocycles. The SMILES string of the molecule is Cc1cc(C(=O)NCc2ccno2)cnc1N1CCc2ncccc2C1. The van der Waals surface area contributed by atoms with Crippen molar-refractivity contribution in [2.24, 2.45) is 0 Å². The second-order valence-electron chi connectivity index (χ2n) is 6.31. The van der Waals surface area contributed by atoms with Crippen LogP contribution in [0.15, 0.2) is 47.4 Å². The molecule has 0 fully saturated rings. The molecule has 4 rings (SSSR count). The first-order valence-electron chi connectivity index (χ1n) is 8.53.